The van der Waals surface area contributed by atoms with E-state index in [1.807, 2.05) is 12.1 Å². The van der Waals surface area contributed by atoms with Crippen LogP contribution in [0.4, 0.5) is 4.39 Å². The molecule has 0 heterocycles. The molecule has 0 aliphatic heterocycles. The van der Waals surface area contributed by atoms with Crippen molar-refractivity contribution in [3.8, 4) is 0 Å². The number of nitrogens with one attached hydrogen (secondary N) is 2. The summed E-state index contributed by atoms with van der Waals surface area (Å²) in [7, 11) is 1.78. The van der Waals surface area contributed by atoms with Crippen LogP contribution in [0, 0.1) is 5.82 Å². The zero-order valence-electron chi connectivity index (χ0n) is 15.0. The summed E-state index contributed by atoms with van der Waals surface area (Å²) in [4.78, 5) is 4.32. The van der Waals surface area contributed by atoms with Gasteiger partial charge in [0.1, 0.15) is 5.82 Å². The average Bonchev–Trinajstić information content (AvgIpc) is 3.39. The van der Waals surface area contributed by atoms with Crippen LogP contribution in [-0.4, -0.2) is 26.1 Å². The second kappa shape index (κ2) is 7.94. The number of nitrogens with zero attached hydrogens (tertiary/aromatic N) is 1. The highest BCUT2D eigenvalue weighted by atomic mass is 127. The van der Waals surface area contributed by atoms with E-state index in [9.17, 15) is 4.39 Å². The summed E-state index contributed by atoms with van der Waals surface area (Å²) in [6, 6.07) is 15.7. The Balaban J connectivity index is 0.00000196. The molecule has 2 aromatic carbocycles. The summed E-state index contributed by atoms with van der Waals surface area (Å²) in [6.07, 6.45) is 3.17. The molecular formula is C21H25FIN3. The average molecular weight is 465 g/mol. The van der Waals surface area contributed by atoms with E-state index in [1.165, 1.54) is 11.1 Å². The van der Waals surface area contributed by atoms with Gasteiger partial charge in [-0.15, -0.1) is 24.0 Å². The van der Waals surface area contributed by atoms with E-state index in [2.05, 4.69) is 39.9 Å². The summed E-state index contributed by atoms with van der Waals surface area (Å²) in [5.74, 6) is 1.25. The smallest absolute Gasteiger partial charge is 0.191 e. The summed E-state index contributed by atoms with van der Waals surface area (Å²) in [6.45, 7) is 1.60. The number of rotatable bonds is 5. The van der Waals surface area contributed by atoms with Gasteiger partial charge in [-0.2, -0.15) is 0 Å². The van der Waals surface area contributed by atoms with Gasteiger partial charge in [0.2, 0.25) is 0 Å². The first-order valence-corrected chi connectivity index (χ1v) is 8.99. The van der Waals surface area contributed by atoms with Crippen molar-refractivity contribution in [2.75, 3.05) is 20.1 Å². The first-order chi connectivity index (χ1) is 12.2. The lowest BCUT2D eigenvalue weighted by Gasteiger charge is -2.31. The maximum Gasteiger partial charge on any atom is 0.191 e. The van der Waals surface area contributed by atoms with Gasteiger partial charge < -0.3 is 10.6 Å². The number of halogens is 2. The molecule has 1 atom stereocenters. The predicted molar refractivity (Wildman–Crippen MR) is 115 cm³/mol. The number of benzene rings is 2. The molecule has 26 heavy (non-hydrogen) atoms. The Morgan fingerprint density at radius 3 is 2.54 bits per heavy atom. The van der Waals surface area contributed by atoms with Crippen molar-refractivity contribution in [3.63, 3.8) is 0 Å². The van der Waals surface area contributed by atoms with Crippen molar-refractivity contribution in [2.45, 2.75) is 30.6 Å². The van der Waals surface area contributed by atoms with Crippen molar-refractivity contribution in [3.05, 3.63) is 71.0 Å². The van der Waals surface area contributed by atoms with Crippen LogP contribution in [0.1, 0.15) is 35.4 Å². The summed E-state index contributed by atoms with van der Waals surface area (Å²) < 4.78 is 14.1. The van der Waals surface area contributed by atoms with Crippen LogP contribution >= 0.6 is 24.0 Å². The van der Waals surface area contributed by atoms with Crippen molar-refractivity contribution in [2.24, 2.45) is 4.99 Å². The third-order valence-electron chi connectivity index (χ3n) is 5.59. The molecule has 2 aromatic rings. The largest absolute Gasteiger partial charge is 0.356 e. The van der Waals surface area contributed by atoms with Crippen LogP contribution in [0.5, 0.6) is 0 Å². The van der Waals surface area contributed by atoms with Gasteiger partial charge in [0.25, 0.3) is 0 Å². The zero-order chi connectivity index (χ0) is 17.3. The van der Waals surface area contributed by atoms with Crippen molar-refractivity contribution < 1.29 is 4.39 Å². The highest BCUT2D eigenvalue weighted by Gasteiger charge is 2.45. The van der Waals surface area contributed by atoms with E-state index >= 15 is 0 Å². The number of fused-ring (bicyclic) bond motifs is 1. The lowest BCUT2D eigenvalue weighted by molar-refractivity contribution is 0.553. The topological polar surface area (TPSA) is 36.4 Å². The van der Waals surface area contributed by atoms with Crippen molar-refractivity contribution in [1.82, 2.24) is 10.6 Å². The molecule has 0 bridgehead atoms. The third kappa shape index (κ3) is 3.72. The van der Waals surface area contributed by atoms with Crippen LogP contribution < -0.4 is 10.6 Å². The van der Waals surface area contributed by atoms with Gasteiger partial charge in [-0.05, 0) is 42.0 Å². The van der Waals surface area contributed by atoms with Crippen LogP contribution in [-0.2, 0) is 11.8 Å². The maximum atomic E-state index is 14.1. The molecule has 4 rings (SSSR count). The van der Waals surface area contributed by atoms with Gasteiger partial charge in [0, 0.05) is 31.5 Å². The van der Waals surface area contributed by atoms with Gasteiger partial charge in [-0.1, -0.05) is 42.5 Å². The standard InChI is InChI=1S/C21H24FN3.HI/c1-23-20(24-13-16-12-15-6-2-3-7-17(15)16)25-14-21(10-11-21)18-8-4-5-9-19(18)22;/h2-9,16H,10-14H2,1H3,(H2,23,24,25);1H. The molecule has 0 aromatic heterocycles. The van der Waals surface area contributed by atoms with E-state index in [0.29, 0.717) is 5.92 Å². The minimum Gasteiger partial charge on any atom is -0.356 e. The highest BCUT2D eigenvalue weighted by molar-refractivity contribution is 14.0. The lowest BCUT2D eigenvalue weighted by atomic mass is 9.78. The first kappa shape index (κ1) is 19.1. The first-order valence-electron chi connectivity index (χ1n) is 8.99. The Kier molecular flexibility index (Phi) is 5.85. The van der Waals surface area contributed by atoms with Crippen molar-refractivity contribution >= 4 is 29.9 Å². The molecule has 2 N–H and O–H groups in total. The van der Waals surface area contributed by atoms with E-state index < -0.39 is 0 Å². The fourth-order valence-electron chi connectivity index (χ4n) is 3.82. The molecule has 138 valence electrons. The number of aliphatic imine (C=N–C) groups is 1. The Hall–Kier alpha value is -1.63. The van der Waals surface area contributed by atoms with E-state index in [1.54, 1.807) is 19.2 Å². The number of guanidine groups is 1. The molecule has 0 radical (unpaired) electrons. The Labute approximate surface area is 171 Å². The molecule has 1 saturated carbocycles. The monoisotopic (exact) mass is 465 g/mol. The molecular weight excluding hydrogens is 440 g/mol. The molecule has 1 unspecified atom stereocenters. The van der Waals surface area contributed by atoms with E-state index in [-0.39, 0.29) is 35.2 Å². The normalized spacial score (nSPS) is 19.6. The van der Waals surface area contributed by atoms with Gasteiger partial charge in [-0.25, -0.2) is 4.39 Å². The van der Waals surface area contributed by atoms with Gasteiger partial charge in [0.15, 0.2) is 5.96 Å². The summed E-state index contributed by atoms with van der Waals surface area (Å²) >= 11 is 0. The fraction of sp³-hybridized carbons (Fsp3) is 0.381. The molecule has 3 nitrogen and oxygen atoms in total. The zero-order valence-corrected chi connectivity index (χ0v) is 17.3. The Morgan fingerprint density at radius 2 is 1.85 bits per heavy atom. The summed E-state index contributed by atoms with van der Waals surface area (Å²) in [5, 5.41) is 6.82. The minimum absolute atomic E-state index is 0. The molecule has 0 saturated heterocycles. The fourth-order valence-corrected chi connectivity index (χ4v) is 3.82. The molecule has 0 spiro atoms. The maximum absolute atomic E-state index is 14.1. The summed E-state index contributed by atoms with van der Waals surface area (Å²) in [5.41, 5.74) is 3.64. The molecule has 2 aliphatic rings. The predicted octanol–water partition coefficient (Wildman–Crippen LogP) is 3.98. The lowest BCUT2D eigenvalue weighted by Crippen LogP contribution is -2.44. The molecule has 0 amide bonds. The number of hydrogen-bond donors (Lipinski definition) is 2. The molecule has 5 heteroatoms. The SMILES string of the molecule is CN=C(NCC1Cc2ccccc21)NCC1(c2ccccc2F)CC1.I. The van der Waals surface area contributed by atoms with E-state index in [0.717, 1.165) is 43.9 Å². The van der Waals surface area contributed by atoms with Crippen LogP contribution in [0.2, 0.25) is 0 Å². The minimum atomic E-state index is -0.101. The van der Waals surface area contributed by atoms with Crippen LogP contribution in [0.15, 0.2) is 53.5 Å². The van der Waals surface area contributed by atoms with Crippen LogP contribution in [0.25, 0.3) is 0 Å². The highest BCUT2D eigenvalue weighted by Crippen LogP contribution is 2.48. The Bertz CT molecular complexity index is 801. The van der Waals surface area contributed by atoms with Gasteiger partial charge >= 0.3 is 0 Å². The molecule has 1 fully saturated rings. The Morgan fingerprint density at radius 1 is 1.12 bits per heavy atom. The quantitative estimate of drug-likeness (QED) is 0.398. The number of hydrogen-bond acceptors (Lipinski definition) is 1. The third-order valence-corrected chi connectivity index (χ3v) is 5.59. The molecule has 2 aliphatic carbocycles. The van der Waals surface area contributed by atoms with Crippen molar-refractivity contribution in [1.29, 1.82) is 0 Å². The van der Waals surface area contributed by atoms with Gasteiger partial charge in [-0.3, -0.25) is 4.99 Å². The van der Waals surface area contributed by atoms with Crippen LogP contribution in [0.3, 0.4) is 0 Å². The second-order valence-corrected chi connectivity index (χ2v) is 7.17. The second-order valence-electron chi connectivity index (χ2n) is 7.17. The van der Waals surface area contributed by atoms with E-state index in [4.69, 9.17) is 0 Å². The van der Waals surface area contributed by atoms with Gasteiger partial charge in [0.05, 0.1) is 0 Å².